The van der Waals surface area contributed by atoms with Gasteiger partial charge in [-0.25, -0.2) is 0 Å². The lowest BCUT2D eigenvalue weighted by Gasteiger charge is -2.17. The summed E-state index contributed by atoms with van der Waals surface area (Å²) in [5.41, 5.74) is 1.10. The highest BCUT2D eigenvalue weighted by Gasteiger charge is 2.28. The van der Waals surface area contributed by atoms with Crippen LogP contribution in [0, 0.1) is 6.92 Å². The largest absolute Gasteiger partial charge is 0.492 e. The number of aryl methyl sites for hydroxylation is 1. The van der Waals surface area contributed by atoms with E-state index < -0.39 is 11.8 Å². The molecule has 0 bridgehead atoms. The predicted molar refractivity (Wildman–Crippen MR) is 66.2 cm³/mol. The minimum atomic E-state index is -0.489. The fraction of sp³-hybridized carbons (Fsp3) is 0.214. The van der Waals surface area contributed by atoms with Crippen molar-refractivity contribution in [3.63, 3.8) is 0 Å². The Bertz CT molecular complexity index is 625. The van der Waals surface area contributed by atoms with Gasteiger partial charge in [-0.3, -0.25) is 14.4 Å². The molecule has 0 N–H and O–H groups in total. The molecule has 0 heterocycles. The van der Waals surface area contributed by atoms with E-state index in [1.54, 1.807) is 13.0 Å². The Hall–Kier alpha value is -2.43. The van der Waals surface area contributed by atoms with Crippen LogP contribution in [0.5, 0.6) is 5.75 Å². The third-order valence-corrected chi connectivity index (χ3v) is 2.77. The molecule has 0 saturated heterocycles. The van der Waals surface area contributed by atoms with Gasteiger partial charge in [-0.05, 0) is 24.6 Å². The van der Waals surface area contributed by atoms with Crippen LogP contribution in [0.15, 0.2) is 24.0 Å². The van der Waals surface area contributed by atoms with Gasteiger partial charge in [-0.2, -0.15) is 0 Å². The van der Waals surface area contributed by atoms with Crippen LogP contribution in [-0.4, -0.2) is 24.6 Å². The van der Waals surface area contributed by atoms with Crippen molar-refractivity contribution in [1.82, 2.24) is 0 Å². The second-order valence-corrected chi connectivity index (χ2v) is 4.16. The van der Waals surface area contributed by atoms with E-state index >= 15 is 0 Å². The van der Waals surface area contributed by atoms with Crippen LogP contribution in [0.25, 0.3) is 0 Å². The Labute approximate surface area is 109 Å². The number of ketones is 2. The van der Waals surface area contributed by atoms with Gasteiger partial charge in [0.25, 0.3) is 0 Å². The standard InChI is InChI=1S/C14H12O5/c1-7-4-9(19-8(2)15)5-10-13(7)11(16)6-12(18-3)14(10)17/h4-6H,1-3H3. The van der Waals surface area contributed by atoms with E-state index in [-0.39, 0.29) is 22.9 Å². The quantitative estimate of drug-likeness (QED) is 0.599. The average molecular weight is 260 g/mol. The van der Waals surface area contributed by atoms with E-state index in [4.69, 9.17) is 9.47 Å². The van der Waals surface area contributed by atoms with Crippen LogP contribution in [0.4, 0.5) is 0 Å². The molecular formula is C14H12O5. The van der Waals surface area contributed by atoms with Gasteiger partial charge in [-0.1, -0.05) is 0 Å². The Morgan fingerprint density at radius 3 is 2.47 bits per heavy atom. The van der Waals surface area contributed by atoms with Crippen molar-refractivity contribution >= 4 is 17.5 Å². The lowest BCUT2D eigenvalue weighted by atomic mass is 9.90. The van der Waals surface area contributed by atoms with Gasteiger partial charge in [0.15, 0.2) is 11.5 Å². The second-order valence-electron chi connectivity index (χ2n) is 4.16. The molecule has 19 heavy (non-hydrogen) atoms. The van der Waals surface area contributed by atoms with Gasteiger partial charge >= 0.3 is 5.97 Å². The molecule has 0 spiro atoms. The molecule has 5 heteroatoms. The summed E-state index contributed by atoms with van der Waals surface area (Å²) in [6.45, 7) is 2.95. The van der Waals surface area contributed by atoms with Gasteiger partial charge in [0.05, 0.1) is 7.11 Å². The van der Waals surface area contributed by atoms with E-state index in [1.165, 1.54) is 26.2 Å². The van der Waals surface area contributed by atoms with Gasteiger partial charge in [0.1, 0.15) is 5.75 Å². The molecule has 0 fully saturated rings. The molecule has 1 aromatic carbocycles. The zero-order valence-electron chi connectivity index (χ0n) is 10.8. The number of carbonyl (C=O) groups excluding carboxylic acids is 3. The highest BCUT2D eigenvalue weighted by molar-refractivity contribution is 6.24. The first-order chi connectivity index (χ1) is 8.93. The van der Waals surface area contributed by atoms with Crippen LogP contribution in [-0.2, 0) is 9.53 Å². The van der Waals surface area contributed by atoms with Crippen molar-refractivity contribution < 1.29 is 23.9 Å². The van der Waals surface area contributed by atoms with Crippen molar-refractivity contribution in [1.29, 1.82) is 0 Å². The van der Waals surface area contributed by atoms with Crippen LogP contribution < -0.4 is 4.74 Å². The van der Waals surface area contributed by atoms with Crippen molar-refractivity contribution in [3.8, 4) is 5.75 Å². The van der Waals surface area contributed by atoms with E-state index in [1.807, 2.05) is 0 Å². The van der Waals surface area contributed by atoms with E-state index in [9.17, 15) is 14.4 Å². The summed E-state index contributed by atoms with van der Waals surface area (Å²) in [5.74, 6) is -0.955. The van der Waals surface area contributed by atoms with Gasteiger partial charge in [-0.15, -0.1) is 0 Å². The van der Waals surface area contributed by atoms with Crippen LogP contribution in [0.2, 0.25) is 0 Å². The second kappa shape index (κ2) is 4.68. The number of hydrogen-bond donors (Lipinski definition) is 0. The molecular weight excluding hydrogens is 248 g/mol. The first-order valence-corrected chi connectivity index (χ1v) is 5.62. The number of esters is 1. The molecule has 1 aliphatic carbocycles. The fourth-order valence-corrected chi connectivity index (χ4v) is 2.03. The third-order valence-electron chi connectivity index (χ3n) is 2.77. The molecule has 0 unspecified atom stereocenters. The van der Waals surface area contributed by atoms with E-state index in [0.29, 0.717) is 11.1 Å². The summed E-state index contributed by atoms with van der Waals surface area (Å²) in [6, 6.07) is 2.94. The number of fused-ring (bicyclic) bond motifs is 1. The lowest BCUT2D eigenvalue weighted by molar-refractivity contribution is -0.131. The van der Waals surface area contributed by atoms with Crippen molar-refractivity contribution in [2.45, 2.75) is 13.8 Å². The average Bonchev–Trinajstić information content (AvgIpc) is 2.32. The van der Waals surface area contributed by atoms with Crippen molar-refractivity contribution in [2.24, 2.45) is 0 Å². The number of ether oxygens (including phenoxy) is 2. The normalized spacial score (nSPS) is 13.7. The Balaban J connectivity index is 2.59. The number of allylic oxidation sites excluding steroid dienone is 2. The van der Waals surface area contributed by atoms with Gasteiger partial charge in [0.2, 0.25) is 5.78 Å². The molecule has 0 radical (unpaired) electrons. The van der Waals surface area contributed by atoms with Crippen molar-refractivity contribution in [2.75, 3.05) is 7.11 Å². The maximum atomic E-state index is 12.1. The van der Waals surface area contributed by atoms with Crippen LogP contribution in [0.1, 0.15) is 33.2 Å². The Kier molecular flexibility index (Phi) is 3.21. The van der Waals surface area contributed by atoms with Crippen LogP contribution >= 0.6 is 0 Å². The molecule has 0 aliphatic heterocycles. The summed E-state index contributed by atoms with van der Waals surface area (Å²) in [7, 11) is 1.32. The van der Waals surface area contributed by atoms with E-state index in [2.05, 4.69) is 0 Å². The molecule has 1 aliphatic rings. The molecule has 5 nitrogen and oxygen atoms in total. The number of carbonyl (C=O) groups is 3. The van der Waals surface area contributed by atoms with Gasteiger partial charge in [0, 0.05) is 24.1 Å². The minimum Gasteiger partial charge on any atom is -0.492 e. The summed E-state index contributed by atoms with van der Waals surface area (Å²) in [4.78, 5) is 35.0. The minimum absolute atomic E-state index is 0.0168. The topological polar surface area (TPSA) is 69.7 Å². The predicted octanol–water partition coefficient (Wildman–Crippen LogP) is 1.83. The summed E-state index contributed by atoms with van der Waals surface area (Å²) in [5, 5.41) is 0. The maximum absolute atomic E-state index is 12.1. The highest BCUT2D eigenvalue weighted by atomic mass is 16.5. The Morgan fingerprint density at radius 1 is 1.21 bits per heavy atom. The smallest absolute Gasteiger partial charge is 0.308 e. The molecule has 0 saturated carbocycles. The zero-order valence-corrected chi connectivity index (χ0v) is 10.8. The SMILES string of the molecule is COC1=CC(=O)c2c(C)cc(OC(C)=O)cc2C1=O. The first-order valence-electron chi connectivity index (χ1n) is 5.62. The number of Topliss-reactive ketones (excluding diaryl/α,β-unsaturated/α-hetero) is 1. The van der Waals surface area contributed by atoms with Crippen LogP contribution in [0.3, 0.4) is 0 Å². The zero-order chi connectivity index (χ0) is 14.2. The molecule has 0 aromatic heterocycles. The number of methoxy groups -OCH3 is 1. The summed E-state index contributed by atoms with van der Waals surface area (Å²) >= 11 is 0. The maximum Gasteiger partial charge on any atom is 0.308 e. The molecule has 2 rings (SSSR count). The Morgan fingerprint density at radius 2 is 1.89 bits per heavy atom. The molecule has 0 atom stereocenters. The molecule has 98 valence electrons. The van der Waals surface area contributed by atoms with E-state index in [0.717, 1.165) is 0 Å². The number of rotatable bonds is 2. The monoisotopic (exact) mass is 260 g/mol. The third kappa shape index (κ3) is 2.27. The fourth-order valence-electron chi connectivity index (χ4n) is 2.03. The highest BCUT2D eigenvalue weighted by Crippen LogP contribution is 2.29. The lowest BCUT2D eigenvalue weighted by Crippen LogP contribution is -2.19. The summed E-state index contributed by atoms with van der Waals surface area (Å²) < 4.78 is 9.83. The molecule has 1 aromatic rings. The van der Waals surface area contributed by atoms with Gasteiger partial charge < -0.3 is 9.47 Å². The molecule has 0 amide bonds. The number of hydrogen-bond acceptors (Lipinski definition) is 5. The number of benzene rings is 1. The van der Waals surface area contributed by atoms with Crippen molar-refractivity contribution in [3.05, 3.63) is 40.7 Å². The summed E-state index contributed by atoms with van der Waals surface area (Å²) in [6.07, 6.45) is 1.17. The first kappa shape index (κ1) is 13.0.